The Kier molecular flexibility index (Phi) is 5.83. The topological polar surface area (TPSA) is 119 Å². The summed E-state index contributed by atoms with van der Waals surface area (Å²) in [6.45, 7) is 2.59. The quantitative estimate of drug-likeness (QED) is 0.581. The third kappa shape index (κ3) is 4.28. The highest BCUT2D eigenvalue weighted by atomic mass is 16.4. The van der Waals surface area contributed by atoms with E-state index in [4.69, 9.17) is 10.2 Å². The van der Waals surface area contributed by atoms with Crippen LogP contribution in [0.3, 0.4) is 0 Å². The van der Waals surface area contributed by atoms with Gasteiger partial charge in [-0.1, -0.05) is 36.4 Å². The number of pyridine rings is 1. The van der Waals surface area contributed by atoms with Crippen molar-refractivity contribution in [2.45, 2.75) is 37.8 Å². The number of carbonyl (C=O) groups is 1. The standard InChI is InChI=1S/C26H27N3O5/c27-23(31)11-20(17-5-2-1-3-6-17)26-25(33)22(30)10-19(34-26)15-28-12-16-9-18(14-28)21-7-4-8-24(32)29(21)13-16/h1-8,10,16,18,20,33H,9,11-15H2,(H2,27,31). The normalized spacial score (nSPS) is 20.5. The van der Waals surface area contributed by atoms with Gasteiger partial charge in [-0.2, -0.15) is 0 Å². The van der Waals surface area contributed by atoms with Crippen LogP contribution < -0.4 is 16.7 Å². The molecule has 1 saturated heterocycles. The van der Waals surface area contributed by atoms with E-state index in [-0.39, 0.29) is 23.7 Å². The number of carbonyl (C=O) groups excluding carboxylic acids is 1. The number of amides is 1. The first-order chi connectivity index (χ1) is 16.4. The van der Waals surface area contributed by atoms with Crippen molar-refractivity contribution >= 4 is 5.91 Å². The first-order valence-corrected chi connectivity index (χ1v) is 11.5. The summed E-state index contributed by atoms with van der Waals surface area (Å²) in [6.07, 6.45) is 0.933. The average molecular weight is 462 g/mol. The highest BCUT2D eigenvalue weighted by Gasteiger charge is 2.35. The van der Waals surface area contributed by atoms with Crippen molar-refractivity contribution in [1.82, 2.24) is 9.47 Å². The molecule has 2 aliphatic heterocycles. The number of piperidine rings is 1. The minimum atomic E-state index is -0.661. The number of aromatic nitrogens is 1. The van der Waals surface area contributed by atoms with E-state index in [2.05, 4.69) is 4.90 Å². The number of rotatable bonds is 6. The maximum atomic E-state index is 12.6. The lowest BCUT2D eigenvalue weighted by Crippen LogP contribution is -2.46. The summed E-state index contributed by atoms with van der Waals surface area (Å²) in [4.78, 5) is 38.9. The first-order valence-electron chi connectivity index (χ1n) is 11.5. The molecule has 5 rings (SSSR count). The second-order valence-electron chi connectivity index (χ2n) is 9.32. The fourth-order valence-corrected chi connectivity index (χ4v) is 5.46. The van der Waals surface area contributed by atoms with Crippen molar-refractivity contribution in [3.63, 3.8) is 0 Å². The molecule has 8 heteroatoms. The van der Waals surface area contributed by atoms with Gasteiger partial charge >= 0.3 is 0 Å². The van der Waals surface area contributed by atoms with Crippen molar-refractivity contribution in [3.8, 4) is 5.75 Å². The van der Waals surface area contributed by atoms with Gasteiger partial charge in [0, 0.05) is 49.8 Å². The molecule has 0 saturated carbocycles. The van der Waals surface area contributed by atoms with E-state index in [0.29, 0.717) is 24.8 Å². The molecule has 34 heavy (non-hydrogen) atoms. The Balaban J connectivity index is 1.44. The number of nitrogens with two attached hydrogens (primary N) is 1. The van der Waals surface area contributed by atoms with E-state index in [0.717, 1.165) is 30.8 Å². The molecule has 2 bridgehead atoms. The molecule has 176 valence electrons. The van der Waals surface area contributed by atoms with E-state index >= 15 is 0 Å². The molecule has 2 aliphatic rings. The van der Waals surface area contributed by atoms with Gasteiger partial charge in [-0.15, -0.1) is 0 Å². The minimum Gasteiger partial charge on any atom is -0.502 e. The summed E-state index contributed by atoms with van der Waals surface area (Å²) >= 11 is 0. The Labute approximate surface area is 196 Å². The van der Waals surface area contributed by atoms with Crippen LogP contribution in [0, 0.1) is 5.92 Å². The van der Waals surface area contributed by atoms with E-state index in [9.17, 15) is 19.5 Å². The predicted octanol–water partition coefficient (Wildman–Crippen LogP) is 2.13. The van der Waals surface area contributed by atoms with Crippen LogP contribution in [-0.2, 0) is 17.9 Å². The van der Waals surface area contributed by atoms with Crippen molar-refractivity contribution in [2.24, 2.45) is 11.7 Å². The van der Waals surface area contributed by atoms with Gasteiger partial charge in [-0.3, -0.25) is 19.3 Å². The number of benzene rings is 1. The zero-order valence-electron chi connectivity index (χ0n) is 18.7. The molecule has 0 aliphatic carbocycles. The van der Waals surface area contributed by atoms with Gasteiger partial charge < -0.3 is 19.8 Å². The molecule has 1 amide bonds. The Morgan fingerprint density at radius 3 is 2.65 bits per heavy atom. The zero-order valence-corrected chi connectivity index (χ0v) is 18.7. The van der Waals surface area contributed by atoms with Crippen LogP contribution in [0.4, 0.5) is 0 Å². The van der Waals surface area contributed by atoms with Crippen LogP contribution in [0.2, 0.25) is 0 Å². The Morgan fingerprint density at radius 2 is 1.88 bits per heavy atom. The van der Waals surface area contributed by atoms with Crippen molar-refractivity contribution in [2.75, 3.05) is 13.1 Å². The molecular formula is C26H27N3O5. The first kappa shape index (κ1) is 22.2. The molecule has 4 heterocycles. The largest absolute Gasteiger partial charge is 0.502 e. The maximum Gasteiger partial charge on any atom is 0.250 e. The number of likely N-dealkylation sites (tertiary alicyclic amines) is 1. The van der Waals surface area contributed by atoms with E-state index in [1.807, 2.05) is 41.0 Å². The second kappa shape index (κ2) is 8.95. The molecule has 0 spiro atoms. The van der Waals surface area contributed by atoms with E-state index < -0.39 is 23.0 Å². The summed E-state index contributed by atoms with van der Waals surface area (Å²) in [5.41, 5.74) is 6.74. The summed E-state index contributed by atoms with van der Waals surface area (Å²) in [5, 5.41) is 10.5. The second-order valence-corrected chi connectivity index (χ2v) is 9.32. The lowest BCUT2D eigenvalue weighted by Gasteiger charge is -2.42. The van der Waals surface area contributed by atoms with Crippen LogP contribution in [0.5, 0.6) is 5.75 Å². The number of fused-ring (bicyclic) bond motifs is 4. The molecule has 1 aromatic carbocycles. The van der Waals surface area contributed by atoms with Crippen molar-refractivity contribution in [3.05, 3.63) is 98.0 Å². The number of aromatic hydroxyl groups is 1. The highest BCUT2D eigenvalue weighted by Crippen LogP contribution is 2.36. The molecule has 0 radical (unpaired) electrons. The van der Waals surface area contributed by atoms with Gasteiger partial charge in [0.2, 0.25) is 17.1 Å². The predicted molar refractivity (Wildman–Crippen MR) is 126 cm³/mol. The van der Waals surface area contributed by atoms with Gasteiger partial charge in [0.1, 0.15) is 5.76 Å². The maximum absolute atomic E-state index is 12.6. The van der Waals surface area contributed by atoms with Crippen LogP contribution in [-0.4, -0.2) is 33.6 Å². The third-order valence-electron chi connectivity index (χ3n) is 6.86. The Morgan fingerprint density at radius 1 is 1.09 bits per heavy atom. The number of hydrogen-bond donors (Lipinski definition) is 2. The van der Waals surface area contributed by atoms with Gasteiger partial charge in [-0.25, -0.2) is 0 Å². The Hall–Kier alpha value is -3.65. The van der Waals surface area contributed by atoms with Gasteiger partial charge in [0.05, 0.1) is 12.5 Å². The molecule has 2 aromatic heterocycles. The highest BCUT2D eigenvalue weighted by molar-refractivity contribution is 5.75. The lowest BCUT2D eigenvalue weighted by molar-refractivity contribution is -0.118. The summed E-state index contributed by atoms with van der Waals surface area (Å²) < 4.78 is 7.94. The van der Waals surface area contributed by atoms with E-state index in [1.165, 1.54) is 6.07 Å². The van der Waals surface area contributed by atoms with Gasteiger partial charge in [0.15, 0.2) is 5.76 Å². The lowest BCUT2D eigenvalue weighted by atomic mass is 9.83. The van der Waals surface area contributed by atoms with Crippen LogP contribution in [0.25, 0.3) is 0 Å². The Bertz CT molecular complexity index is 1330. The summed E-state index contributed by atoms with van der Waals surface area (Å²) in [5.74, 6) is -0.666. The molecule has 1 fully saturated rings. The monoisotopic (exact) mass is 461 g/mol. The fraction of sp³-hybridized carbons (Fsp3) is 0.346. The van der Waals surface area contributed by atoms with Crippen molar-refractivity contribution in [1.29, 1.82) is 0 Å². The third-order valence-corrected chi connectivity index (χ3v) is 6.86. The zero-order chi connectivity index (χ0) is 23.8. The van der Waals surface area contributed by atoms with Gasteiger partial charge in [-0.05, 0) is 24.0 Å². The van der Waals surface area contributed by atoms with Crippen LogP contribution in [0.1, 0.15) is 47.5 Å². The molecule has 3 N–H and O–H groups in total. The number of hydrogen-bond acceptors (Lipinski definition) is 6. The minimum absolute atomic E-state index is 0.0382. The smallest absolute Gasteiger partial charge is 0.250 e. The number of nitrogens with zero attached hydrogens (tertiary/aromatic N) is 2. The number of primary amides is 1. The van der Waals surface area contributed by atoms with Gasteiger partial charge in [0.25, 0.3) is 5.56 Å². The van der Waals surface area contributed by atoms with Crippen LogP contribution in [0.15, 0.2) is 68.6 Å². The SMILES string of the molecule is NC(=O)CC(c1ccccc1)c1oc(CN2CC3CC(C2)c2cccc(=O)n2C3)cc(=O)c1O. The molecule has 3 unspecified atom stereocenters. The molecule has 3 aromatic rings. The van der Waals surface area contributed by atoms with Crippen LogP contribution >= 0.6 is 0 Å². The molecular weight excluding hydrogens is 434 g/mol. The van der Waals surface area contributed by atoms with E-state index in [1.54, 1.807) is 12.1 Å². The molecule has 8 nitrogen and oxygen atoms in total. The fourth-order valence-electron chi connectivity index (χ4n) is 5.46. The average Bonchev–Trinajstić information content (AvgIpc) is 2.81. The molecule has 3 atom stereocenters. The summed E-state index contributed by atoms with van der Waals surface area (Å²) in [7, 11) is 0. The summed E-state index contributed by atoms with van der Waals surface area (Å²) in [6, 6.07) is 15.8. The van der Waals surface area contributed by atoms with Crippen molar-refractivity contribution < 1.29 is 14.3 Å².